The highest BCUT2D eigenvalue weighted by molar-refractivity contribution is 7.80. The maximum atomic E-state index is 6.30. The fraction of sp³-hybridized carbons (Fsp3) is 0.308. The average Bonchev–Trinajstić information content (AvgIpc) is 3.12. The molecule has 5 heteroatoms. The summed E-state index contributed by atoms with van der Waals surface area (Å²) in [5.74, 6) is 0. The van der Waals surface area contributed by atoms with Crippen LogP contribution >= 0.6 is 12.6 Å². The van der Waals surface area contributed by atoms with Crippen LogP contribution in [0.15, 0.2) is 91.0 Å². The molecule has 1 aliphatic rings. The zero-order chi connectivity index (χ0) is 21.3. The Labute approximate surface area is 189 Å². The second-order valence-electron chi connectivity index (χ2n) is 7.59. The molecule has 0 aliphatic carbocycles. The number of rotatable bonds is 10. The molecule has 0 saturated carbocycles. The molecule has 0 spiro atoms. The van der Waals surface area contributed by atoms with Crippen molar-refractivity contribution in [2.24, 2.45) is 0 Å². The van der Waals surface area contributed by atoms with E-state index in [9.17, 15) is 0 Å². The van der Waals surface area contributed by atoms with Gasteiger partial charge in [-0.25, -0.2) is 0 Å². The van der Waals surface area contributed by atoms with Crippen LogP contribution in [-0.2, 0) is 38.8 Å². The van der Waals surface area contributed by atoms with E-state index in [1.807, 2.05) is 78.9 Å². The highest BCUT2D eigenvalue weighted by atomic mass is 32.1. The molecule has 4 rings (SSSR count). The van der Waals surface area contributed by atoms with E-state index in [4.69, 9.17) is 18.9 Å². The third kappa shape index (κ3) is 6.42. The zero-order valence-corrected chi connectivity index (χ0v) is 18.3. The Morgan fingerprint density at radius 2 is 1.06 bits per heavy atom. The van der Waals surface area contributed by atoms with E-state index in [2.05, 4.69) is 24.8 Å². The average molecular weight is 437 g/mol. The van der Waals surface area contributed by atoms with Gasteiger partial charge in [0.25, 0.3) is 0 Å². The van der Waals surface area contributed by atoms with Crippen molar-refractivity contribution in [3.05, 3.63) is 108 Å². The van der Waals surface area contributed by atoms with Crippen molar-refractivity contribution in [3.8, 4) is 0 Å². The van der Waals surface area contributed by atoms with Gasteiger partial charge in [0.15, 0.2) is 0 Å². The molecule has 4 nitrogen and oxygen atoms in total. The van der Waals surface area contributed by atoms with Crippen LogP contribution in [-0.4, -0.2) is 30.4 Å². The molecule has 0 aromatic heterocycles. The first-order chi connectivity index (χ1) is 15.3. The second-order valence-corrected chi connectivity index (χ2v) is 8.10. The quantitative estimate of drug-likeness (QED) is 0.453. The normalized spacial score (nSPS) is 23.1. The van der Waals surface area contributed by atoms with E-state index < -0.39 is 0 Å². The molecule has 0 N–H and O–H groups in total. The highest BCUT2D eigenvalue weighted by Gasteiger charge is 2.45. The van der Waals surface area contributed by atoms with Crippen LogP contribution in [0.5, 0.6) is 0 Å². The smallest absolute Gasteiger partial charge is 0.129 e. The van der Waals surface area contributed by atoms with E-state index in [0.29, 0.717) is 26.4 Å². The summed E-state index contributed by atoms with van der Waals surface area (Å²) in [4.78, 5) is 0. The van der Waals surface area contributed by atoms with Crippen molar-refractivity contribution in [3.63, 3.8) is 0 Å². The maximum absolute atomic E-state index is 6.30. The summed E-state index contributed by atoms with van der Waals surface area (Å²) in [5, 5.41) is 0. The molecular weight excluding hydrogens is 408 g/mol. The van der Waals surface area contributed by atoms with Gasteiger partial charge in [0.05, 0.1) is 26.4 Å². The lowest BCUT2D eigenvalue weighted by molar-refractivity contribution is -0.0895. The molecule has 0 amide bonds. The molecule has 0 bridgehead atoms. The van der Waals surface area contributed by atoms with Crippen LogP contribution in [0.25, 0.3) is 0 Å². The Balaban J connectivity index is 1.39. The summed E-state index contributed by atoms with van der Waals surface area (Å²) in [6.07, 6.45) is -0.824. The Bertz CT molecular complexity index is 891. The molecule has 0 radical (unpaired) electrons. The van der Waals surface area contributed by atoms with Gasteiger partial charge in [0.2, 0.25) is 0 Å². The fourth-order valence-electron chi connectivity index (χ4n) is 3.62. The first kappa shape index (κ1) is 22.1. The van der Waals surface area contributed by atoms with Gasteiger partial charge in [0, 0.05) is 0 Å². The van der Waals surface area contributed by atoms with E-state index in [1.54, 1.807) is 0 Å². The van der Waals surface area contributed by atoms with Gasteiger partial charge in [-0.1, -0.05) is 91.0 Å². The highest BCUT2D eigenvalue weighted by Crippen LogP contribution is 2.30. The van der Waals surface area contributed by atoms with E-state index in [0.717, 1.165) is 16.7 Å². The van der Waals surface area contributed by atoms with Gasteiger partial charge in [-0.05, 0) is 16.7 Å². The van der Waals surface area contributed by atoms with Crippen molar-refractivity contribution < 1.29 is 18.9 Å². The summed E-state index contributed by atoms with van der Waals surface area (Å²) in [5.41, 5.74) is 2.96. The van der Waals surface area contributed by atoms with Crippen LogP contribution < -0.4 is 0 Å². The van der Waals surface area contributed by atoms with Crippen LogP contribution in [0, 0.1) is 0 Å². The molecule has 1 heterocycles. The lowest BCUT2D eigenvalue weighted by atomic mass is 10.1. The van der Waals surface area contributed by atoms with E-state index in [-0.39, 0.29) is 23.7 Å². The fourth-order valence-corrected chi connectivity index (χ4v) is 4.03. The maximum Gasteiger partial charge on any atom is 0.129 e. The van der Waals surface area contributed by atoms with Crippen LogP contribution in [0.3, 0.4) is 0 Å². The minimum absolute atomic E-state index is 0.254. The molecule has 31 heavy (non-hydrogen) atoms. The van der Waals surface area contributed by atoms with Crippen LogP contribution in [0.1, 0.15) is 16.7 Å². The third-order valence-electron chi connectivity index (χ3n) is 5.25. The van der Waals surface area contributed by atoms with Crippen molar-refractivity contribution >= 4 is 12.6 Å². The number of benzene rings is 3. The van der Waals surface area contributed by atoms with Gasteiger partial charge >= 0.3 is 0 Å². The number of thiol groups is 1. The van der Waals surface area contributed by atoms with E-state index >= 15 is 0 Å². The third-order valence-corrected chi connectivity index (χ3v) is 5.67. The monoisotopic (exact) mass is 436 g/mol. The summed E-state index contributed by atoms with van der Waals surface area (Å²) in [7, 11) is 0. The Hall–Kier alpha value is -2.15. The van der Waals surface area contributed by atoms with Gasteiger partial charge in [-0.3, -0.25) is 0 Å². The second kappa shape index (κ2) is 11.5. The molecular formula is C26H28O4S. The molecule has 3 aromatic carbocycles. The lowest BCUT2D eigenvalue weighted by Crippen LogP contribution is -2.38. The summed E-state index contributed by atoms with van der Waals surface area (Å²) in [6, 6.07) is 30.3. The number of hydrogen-bond donors (Lipinski definition) is 1. The molecule has 162 valence electrons. The minimum atomic E-state index is -0.380. The van der Waals surface area contributed by atoms with Gasteiger partial charge in [0.1, 0.15) is 23.7 Å². The summed E-state index contributed by atoms with van der Waals surface area (Å²) >= 11 is 4.64. The topological polar surface area (TPSA) is 36.9 Å². The molecule has 1 aliphatic heterocycles. The minimum Gasteiger partial charge on any atom is -0.374 e. The van der Waals surface area contributed by atoms with Crippen molar-refractivity contribution in [1.29, 1.82) is 0 Å². The summed E-state index contributed by atoms with van der Waals surface area (Å²) in [6.45, 7) is 1.90. The predicted octanol–water partition coefficient (Wildman–Crippen LogP) is 5.03. The molecule has 1 saturated heterocycles. The van der Waals surface area contributed by atoms with Crippen LogP contribution in [0.2, 0.25) is 0 Å². The first-order valence-corrected chi connectivity index (χ1v) is 11.1. The van der Waals surface area contributed by atoms with Gasteiger partial charge in [-0.2, -0.15) is 0 Å². The summed E-state index contributed by atoms with van der Waals surface area (Å²) < 4.78 is 24.6. The lowest BCUT2D eigenvalue weighted by Gasteiger charge is -2.24. The largest absolute Gasteiger partial charge is 0.374 e. The standard InChI is InChI=1S/C26H28O4S/c31-26-25(29-18-22-14-8-3-9-15-22)24(28-17-21-12-6-2-7-13-21)23(30-26)19-27-16-20-10-4-1-5-11-20/h1-15,23-26,31H,16-19H2/t23-,24-,25-,26?/m0/s1. The Kier molecular flexibility index (Phi) is 8.16. The molecule has 4 atom stereocenters. The number of hydrogen-bond acceptors (Lipinski definition) is 5. The SMILES string of the molecule is SC1O[C@@H](COCc2ccccc2)[C@H](OCc2ccccc2)[C@@H]1OCc1ccccc1. The van der Waals surface area contributed by atoms with Gasteiger partial charge in [-0.15, -0.1) is 12.6 Å². The Morgan fingerprint density at radius 1 is 0.613 bits per heavy atom. The van der Waals surface area contributed by atoms with Gasteiger partial charge < -0.3 is 18.9 Å². The van der Waals surface area contributed by atoms with Crippen molar-refractivity contribution in [2.75, 3.05) is 6.61 Å². The molecule has 3 aromatic rings. The molecule has 1 fully saturated rings. The predicted molar refractivity (Wildman–Crippen MR) is 124 cm³/mol. The van der Waals surface area contributed by atoms with Crippen LogP contribution in [0.4, 0.5) is 0 Å². The van der Waals surface area contributed by atoms with Crippen molar-refractivity contribution in [2.45, 2.75) is 43.6 Å². The Morgan fingerprint density at radius 3 is 1.58 bits per heavy atom. The van der Waals surface area contributed by atoms with Crippen molar-refractivity contribution in [1.82, 2.24) is 0 Å². The number of ether oxygens (including phenoxy) is 4. The zero-order valence-electron chi connectivity index (χ0n) is 17.4. The first-order valence-electron chi connectivity index (χ1n) is 10.6. The molecule has 1 unspecified atom stereocenters. The van der Waals surface area contributed by atoms with E-state index in [1.165, 1.54) is 0 Å².